The van der Waals surface area contributed by atoms with E-state index in [1.165, 1.54) is 0 Å². The second-order valence-electron chi connectivity index (χ2n) is 4.49. The highest BCUT2D eigenvalue weighted by Crippen LogP contribution is 2.18. The highest BCUT2D eigenvalue weighted by atomic mass is 16.3. The van der Waals surface area contributed by atoms with Crippen LogP contribution in [0.5, 0.6) is 0 Å². The quantitative estimate of drug-likeness (QED) is 0.844. The molecule has 0 saturated carbocycles. The van der Waals surface area contributed by atoms with Gasteiger partial charge in [-0.3, -0.25) is 0 Å². The lowest BCUT2D eigenvalue weighted by Gasteiger charge is -2.24. The van der Waals surface area contributed by atoms with Crippen molar-refractivity contribution in [3.8, 4) is 0 Å². The van der Waals surface area contributed by atoms with Gasteiger partial charge in [-0.15, -0.1) is 0 Å². The number of nitrogens with zero attached hydrogens (tertiary/aromatic N) is 4. The zero-order chi connectivity index (χ0) is 13.0. The van der Waals surface area contributed by atoms with Gasteiger partial charge in [0.05, 0.1) is 6.61 Å². The topological polar surface area (TPSA) is 53.7 Å². The van der Waals surface area contributed by atoms with Gasteiger partial charge in [-0.05, 0) is 31.0 Å². The van der Waals surface area contributed by atoms with E-state index in [9.17, 15) is 5.11 Å². The van der Waals surface area contributed by atoms with Crippen molar-refractivity contribution in [2.75, 3.05) is 24.6 Å². The Morgan fingerprint density at radius 3 is 2.89 bits per heavy atom. The SMILES string of the molecule is CCCCN(CCO)c1cc(C)cc2ncnn12. The zero-order valence-electron chi connectivity index (χ0n) is 11.0. The van der Waals surface area contributed by atoms with Crippen molar-refractivity contribution in [1.29, 1.82) is 0 Å². The summed E-state index contributed by atoms with van der Waals surface area (Å²) in [6.07, 6.45) is 3.80. The van der Waals surface area contributed by atoms with Gasteiger partial charge >= 0.3 is 0 Å². The minimum Gasteiger partial charge on any atom is -0.395 e. The largest absolute Gasteiger partial charge is 0.395 e. The van der Waals surface area contributed by atoms with Crippen LogP contribution in [0.1, 0.15) is 25.3 Å². The third-order valence-corrected chi connectivity index (χ3v) is 2.98. The van der Waals surface area contributed by atoms with Gasteiger partial charge < -0.3 is 10.0 Å². The molecule has 5 nitrogen and oxygen atoms in total. The Morgan fingerprint density at radius 1 is 1.33 bits per heavy atom. The lowest BCUT2D eigenvalue weighted by Crippen LogP contribution is -2.29. The van der Waals surface area contributed by atoms with E-state index < -0.39 is 0 Å². The Bertz CT molecular complexity index is 509. The first-order chi connectivity index (χ1) is 8.76. The van der Waals surface area contributed by atoms with Gasteiger partial charge in [0, 0.05) is 13.1 Å². The zero-order valence-corrected chi connectivity index (χ0v) is 11.0. The molecule has 0 aliphatic rings. The predicted molar refractivity (Wildman–Crippen MR) is 71.9 cm³/mol. The second-order valence-corrected chi connectivity index (χ2v) is 4.49. The molecule has 0 atom stereocenters. The average molecular weight is 248 g/mol. The molecule has 1 N–H and O–H groups in total. The van der Waals surface area contributed by atoms with E-state index in [0.717, 1.165) is 36.4 Å². The summed E-state index contributed by atoms with van der Waals surface area (Å²) in [7, 11) is 0. The van der Waals surface area contributed by atoms with Gasteiger partial charge in [0.1, 0.15) is 12.1 Å². The van der Waals surface area contributed by atoms with Crippen molar-refractivity contribution < 1.29 is 5.11 Å². The maximum Gasteiger partial charge on any atom is 0.157 e. The molecule has 0 fully saturated rings. The van der Waals surface area contributed by atoms with Gasteiger partial charge in [0.15, 0.2) is 5.65 Å². The highest BCUT2D eigenvalue weighted by Gasteiger charge is 2.11. The fourth-order valence-electron chi connectivity index (χ4n) is 2.07. The number of aliphatic hydroxyl groups excluding tert-OH is 1. The number of rotatable bonds is 6. The monoisotopic (exact) mass is 248 g/mol. The maximum absolute atomic E-state index is 9.20. The standard InChI is InChI=1S/C13H20N4O/c1-3-4-5-16(6-7-18)13-9-11(2)8-12-14-10-15-17(12)13/h8-10,18H,3-7H2,1-2H3. The summed E-state index contributed by atoms with van der Waals surface area (Å²) in [5.41, 5.74) is 2.01. The van der Waals surface area contributed by atoms with E-state index in [1.54, 1.807) is 6.33 Å². The average Bonchev–Trinajstić information content (AvgIpc) is 2.81. The molecule has 2 aromatic rings. The summed E-state index contributed by atoms with van der Waals surface area (Å²) in [6.45, 7) is 5.91. The van der Waals surface area contributed by atoms with Gasteiger partial charge in [-0.1, -0.05) is 13.3 Å². The Labute approximate surface area is 107 Å². The normalized spacial score (nSPS) is 11.1. The van der Waals surface area contributed by atoms with Gasteiger partial charge in [0.2, 0.25) is 0 Å². The van der Waals surface area contributed by atoms with Crippen LogP contribution < -0.4 is 4.90 Å². The number of hydrogen-bond acceptors (Lipinski definition) is 4. The lowest BCUT2D eigenvalue weighted by molar-refractivity contribution is 0.301. The van der Waals surface area contributed by atoms with Crippen LogP contribution in [0.25, 0.3) is 5.65 Å². The van der Waals surface area contributed by atoms with Gasteiger partial charge in [0.25, 0.3) is 0 Å². The number of aliphatic hydroxyl groups is 1. The molecule has 98 valence electrons. The number of pyridine rings is 1. The number of anilines is 1. The third-order valence-electron chi connectivity index (χ3n) is 2.98. The maximum atomic E-state index is 9.20. The Balaban J connectivity index is 2.38. The number of aromatic nitrogens is 3. The molecule has 0 amide bonds. The summed E-state index contributed by atoms with van der Waals surface area (Å²) in [4.78, 5) is 6.39. The van der Waals surface area contributed by atoms with Crippen LogP contribution in [-0.2, 0) is 0 Å². The minimum atomic E-state index is 0.147. The summed E-state index contributed by atoms with van der Waals surface area (Å²) in [6, 6.07) is 4.10. The molecule has 0 radical (unpaired) electrons. The first-order valence-corrected chi connectivity index (χ1v) is 6.42. The van der Waals surface area contributed by atoms with Crippen LogP contribution in [0.15, 0.2) is 18.5 Å². The van der Waals surface area contributed by atoms with Crippen molar-refractivity contribution in [3.05, 3.63) is 24.0 Å². The summed E-state index contributed by atoms with van der Waals surface area (Å²) in [5, 5.41) is 13.5. The Kier molecular flexibility index (Phi) is 4.15. The van der Waals surface area contributed by atoms with E-state index in [2.05, 4.69) is 34.9 Å². The molecule has 0 aromatic carbocycles. The molecule has 2 heterocycles. The predicted octanol–water partition coefficient (Wildman–Crippen LogP) is 1.64. The first-order valence-electron chi connectivity index (χ1n) is 6.42. The van der Waals surface area contributed by atoms with Crippen LogP contribution in [0.3, 0.4) is 0 Å². The van der Waals surface area contributed by atoms with Crippen molar-refractivity contribution in [3.63, 3.8) is 0 Å². The third kappa shape index (κ3) is 2.61. The first kappa shape index (κ1) is 12.8. The van der Waals surface area contributed by atoms with Crippen molar-refractivity contribution in [2.45, 2.75) is 26.7 Å². The smallest absolute Gasteiger partial charge is 0.157 e. The highest BCUT2D eigenvalue weighted by molar-refractivity contribution is 5.52. The number of hydrogen-bond donors (Lipinski definition) is 1. The molecule has 0 aliphatic carbocycles. The molecular weight excluding hydrogens is 228 g/mol. The minimum absolute atomic E-state index is 0.147. The van der Waals surface area contributed by atoms with Gasteiger partial charge in [-0.25, -0.2) is 4.98 Å². The number of aryl methyl sites for hydroxylation is 1. The van der Waals surface area contributed by atoms with Crippen molar-refractivity contribution in [2.24, 2.45) is 0 Å². The van der Waals surface area contributed by atoms with Gasteiger partial charge in [-0.2, -0.15) is 9.61 Å². The molecule has 0 bridgehead atoms. The molecule has 0 unspecified atom stereocenters. The van der Waals surface area contributed by atoms with E-state index in [-0.39, 0.29) is 6.61 Å². The fraction of sp³-hybridized carbons (Fsp3) is 0.538. The molecule has 2 aromatic heterocycles. The summed E-state index contributed by atoms with van der Waals surface area (Å²) in [5.74, 6) is 1.00. The summed E-state index contributed by atoms with van der Waals surface area (Å²) >= 11 is 0. The van der Waals surface area contributed by atoms with Crippen molar-refractivity contribution >= 4 is 11.5 Å². The van der Waals surface area contributed by atoms with Crippen LogP contribution in [0, 0.1) is 6.92 Å². The Morgan fingerprint density at radius 2 is 2.17 bits per heavy atom. The molecular formula is C13H20N4O. The van der Waals surface area contributed by atoms with E-state index in [1.807, 2.05) is 10.6 Å². The van der Waals surface area contributed by atoms with E-state index >= 15 is 0 Å². The molecule has 18 heavy (non-hydrogen) atoms. The van der Waals surface area contributed by atoms with Crippen LogP contribution in [0.2, 0.25) is 0 Å². The number of fused-ring (bicyclic) bond motifs is 1. The Hall–Kier alpha value is -1.62. The van der Waals surface area contributed by atoms with E-state index in [4.69, 9.17) is 0 Å². The second kappa shape index (κ2) is 5.82. The lowest BCUT2D eigenvalue weighted by atomic mass is 10.2. The molecule has 0 aliphatic heterocycles. The fourth-order valence-corrected chi connectivity index (χ4v) is 2.07. The summed E-state index contributed by atoms with van der Waals surface area (Å²) < 4.78 is 1.83. The number of unbranched alkanes of at least 4 members (excludes halogenated alkanes) is 1. The van der Waals surface area contributed by atoms with Crippen LogP contribution in [-0.4, -0.2) is 39.4 Å². The molecule has 0 saturated heterocycles. The van der Waals surface area contributed by atoms with Crippen LogP contribution in [0.4, 0.5) is 5.82 Å². The van der Waals surface area contributed by atoms with Crippen LogP contribution >= 0.6 is 0 Å². The van der Waals surface area contributed by atoms with Crippen molar-refractivity contribution in [1.82, 2.24) is 14.6 Å². The molecule has 0 spiro atoms. The van der Waals surface area contributed by atoms with E-state index in [0.29, 0.717) is 6.54 Å². The molecule has 2 rings (SSSR count). The molecule has 5 heteroatoms.